The van der Waals surface area contributed by atoms with Crippen LogP contribution in [0.25, 0.3) is 0 Å². The minimum Gasteiger partial charge on any atom is -0.495 e. The Hall–Kier alpha value is -1.98. The van der Waals surface area contributed by atoms with Crippen LogP contribution in [0.3, 0.4) is 0 Å². The molecule has 0 aromatic heterocycles. The fourth-order valence-electron chi connectivity index (χ4n) is 0.765. The first kappa shape index (κ1) is 15.0. The van der Waals surface area contributed by atoms with Gasteiger partial charge in [-0.3, -0.25) is 0 Å². The molecule has 0 aliphatic carbocycles. The van der Waals surface area contributed by atoms with Crippen LogP contribution in [0.2, 0.25) is 0 Å². The molecule has 0 atom stereocenters. The van der Waals surface area contributed by atoms with Crippen molar-refractivity contribution in [1.82, 2.24) is 5.32 Å². The van der Waals surface area contributed by atoms with Crippen LogP contribution in [0, 0.1) is 0 Å². The Bertz CT molecular complexity index is 288. The van der Waals surface area contributed by atoms with Gasteiger partial charge in [0.05, 0.1) is 12.3 Å². The molecule has 1 amide bonds. The average Bonchev–Trinajstić information content (AvgIpc) is 2.29. The van der Waals surface area contributed by atoms with Crippen LogP contribution in [0.4, 0.5) is 4.79 Å². The molecule has 0 spiro atoms. The predicted octanol–water partition coefficient (Wildman–Crippen LogP) is 0.992. The zero-order valence-corrected chi connectivity index (χ0v) is 9.86. The van der Waals surface area contributed by atoms with Crippen LogP contribution in [-0.4, -0.2) is 38.4 Å². The lowest BCUT2D eigenvalue weighted by molar-refractivity contribution is -0.137. The van der Waals surface area contributed by atoms with Gasteiger partial charge in [0.2, 0.25) is 0 Å². The molecule has 0 radical (unpaired) electrons. The first-order valence-corrected chi connectivity index (χ1v) is 5.04. The Morgan fingerprint density at radius 2 is 1.82 bits per heavy atom. The van der Waals surface area contributed by atoms with E-state index in [1.807, 2.05) is 0 Å². The van der Waals surface area contributed by atoms with Gasteiger partial charge in [0.1, 0.15) is 19.8 Å². The van der Waals surface area contributed by atoms with E-state index in [4.69, 9.17) is 9.47 Å². The van der Waals surface area contributed by atoms with Crippen molar-refractivity contribution in [3.05, 3.63) is 25.0 Å². The smallest absolute Gasteiger partial charge is 0.407 e. The highest BCUT2D eigenvalue weighted by Gasteiger charge is 2.01. The summed E-state index contributed by atoms with van der Waals surface area (Å²) in [6.07, 6.45) is 0.456. The Kier molecular flexibility index (Phi) is 8.18. The molecule has 1 N–H and O–H groups in total. The lowest BCUT2D eigenvalue weighted by Gasteiger charge is -2.08. The quantitative estimate of drug-likeness (QED) is 0.298. The third kappa shape index (κ3) is 10.3. The minimum absolute atomic E-state index is 0.0716. The number of carbonyl (C=O) groups excluding carboxylic acids is 2. The van der Waals surface area contributed by atoms with E-state index in [1.54, 1.807) is 6.92 Å². The highest BCUT2D eigenvalue weighted by Crippen LogP contribution is 1.89. The van der Waals surface area contributed by atoms with Gasteiger partial charge in [0.25, 0.3) is 0 Å². The van der Waals surface area contributed by atoms with Crippen LogP contribution in [0.5, 0.6) is 0 Å². The number of hydrogen-bond donors (Lipinski definition) is 1. The summed E-state index contributed by atoms with van der Waals surface area (Å²) in [6.45, 7) is 9.10. The molecular weight excluding hydrogens is 226 g/mol. The highest BCUT2D eigenvalue weighted by molar-refractivity contribution is 5.81. The van der Waals surface area contributed by atoms with Gasteiger partial charge < -0.3 is 19.5 Å². The molecule has 0 rings (SSSR count). The molecule has 0 heterocycles. The minimum atomic E-state index is -0.593. The molecule has 17 heavy (non-hydrogen) atoms. The van der Waals surface area contributed by atoms with Crippen LogP contribution in [0.15, 0.2) is 25.0 Å². The molecule has 0 saturated carbocycles. The van der Waals surface area contributed by atoms with E-state index >= 15 is 0 Å². The molecule has 0 aliphatic heterocycles. The van der Waals surface area contributed by atoms with Crippen LogP contribution < -0.4 is 5.32 Å². The fraction of sp³-hybridized carbons (Fsp3) is 0.455. The third-order valence-corrected chi connectivity index (χ3v) is 1.45. The molecule has 96 valence electrons. The fourth-order valence-corrected chi connectivity index (χ4v) is 0.765. The third-order valence-electron chi connectivity index (χ3n) is 1.45. The molecular formula is C11H17NO5. The standard InChI is InChI=1S/C11H17NO5/c1-4-10(13)16-6-5-12-11(14)17-8-7-15-9(2)3/h4H,1-2,5-8H2,3H3,(H,12,14). The topological polar surface area (TPSA) is 73.9 Å². The highest BCUT2D eigenvalue weighted by atomic mass is 16.6. The van der Waals surface area contributed by atoms with Gasteiger partial charge in [-0.15, -0.1) is 0 Å². The summed E-state index contributed by atoms with van der Waals surface area (Å²) in [4.78, 5) is 21.7. The van der Waals surface area contributed by atoms with Gasteiger partial charge in [0.15, 0.2) is 0 Å². The van der Waals surface area contributed by atoms with E-state index in [2.05, 4.69) is 23.2 Å². The maximum atomic E-state index is 11.0. The summed E-state index contributed by atoms with van der Waals surface area (Å²) in [5.41, 5.74) is 0. The number of allylic oxidation sites excluding steroid dienone is 1. The molecule has 6 nitrogen and oxygen atoms in total. The second-order valence-corrected chi connectivity index (χ2v) is 2.98. The van der Waals surface area contributed by atoms with Crippen molar-refractivity contribution in [1.29, 1.82) is 0 Å². The van der Waals surface area contributed by atoms with Gasteiger partial charge in [0, 0.05) is 6.08 Å². The Balaban J connectivity index is 3.37. The van der Waals surface area contributed by atoms with Crippen molar-refractivity contribution in [2.45, 2.75) is 6.92 Å². The van der Waals surface area contributed by atoms with E-state index < -0.39 is 12.1 Å². The Labute approximate surface area is 100 Å². The molecule has 0 unspecified atom stereocenters. The monoisotopic (exact) mass is 243 g/mol. The van der Waals surface area contributed by atoms with Gasteiger partial charge in [-0.1, -0.05) is 13.2 Å². The lowest BCUT2D eigenvalue weighted by Crippen LogP contribution is -2.29. The summed E-state index contributed by atoms with van der Waals surface area (Å²) >= 11 is 0. The number of carbonyl (C=O) groups is 2. The van der Waals surface area contributed by atoms with Crippen molar-refractivity contribution >= 4 is 12.1 Å². The molecule has 6 heteroatoms. The number of esters is 1. The van der Waals surface area contributed by atoms with E-state index in [0.29, 0.717) is 5.76 Å². The Morgan fingerprint density at radius 3 is 2.41 bits per heavy atom. The van der Waals surface area contributed by atoms with Crippen molar-refractivity contribution in [2.75, 3.05) is 26.4 Å². The van der Waals surface area contributed by atoms with Crippen molar-refractivity contribution in [3.8, 4) is 0 Å². The normalized spacial score (nSPS) is 9.00. The molecule has 0 bridgehead atoms. The van der Waals surface area contributed by atoms with Gasteiger partial charge in [-0.25, -0.2) is 9.59 Å². The zero-order chi connectivity index (χ0) is 13.1. The molecule has 0 fully saturated rings. The summed E-state index contributed by atoms with van der Waals surface area (Å²) < 4.78 is 14.4. The summed E-state index contributed by atoms with van der Waals surface area (Å²) in [6, 6.07) is 0. The van der Waals surface area contributed by atoms with Gasteiger partial charge in [-0.05, 0) is 6.92 Å². The first-order chi connectivity index (χ1) is 8.06. The van der Waals surface area contributed by atoms with Crippen LogP contribution in [-0.2, 0) is 19.0 Å². The lowest BCUT2D eigenvalue weighted by atomic mass is 10.6. The van der Waals surface area contributed by atoms with E-state index in [9.17, 15) is 9.59 Å². The number of alkyl carbamates (subject to hydrolysis) is 1. The number of rotatable bonds is 8. The van der Waals surface area contributed by atoms with E-state index in [0.717, 1.165) is 6.08 Å². The molecule has 0 aromatic carbocycles. The second-order valence-electron chi connectivity index (χ2n) is 2.98. The van der Waals surface area contributed by atoms with E-state index in [-0.39, 0.29) is 26.4 Å². The maximum absolute atomic E-state index is 11.0. The van der Waals surface area contributed by atoms with Crippen molar-refractivity contribution in [2.24, 2.45) is 0 Å². The summed E-state index contributed by atoms with van der Waals surface area (Å²) in [5.74, 6) is 0.0281. The number of ether oxygens (including phenoxy) is 3. The zero-order valence-electron chi connectivity index (χ0n) is 9.86. The maximum Gasteiger partial charge on any atom is 0.407 e. The molecule has 0 aromatic rings. The SMILES string of the molecule is C=CC(=O)OCCNC(=O)OCCOC(=C)C. The van der Waals surface area contributed by atoms with Crippen molar-refractivity contribution in [3.63, 3.8) is 0 Å². The summed E-state index contributed by atoms with van der Waals surface area (Å²) in [5, 5.41) is 2.40. The first-order valence-electron chi connectivity index (χ1n) is 5.04. The van der Waals surface area contributed by atoms with E-state index in [1.165, 1.54) is 0 Å². The molecule has 0 saturated heterocycles. The number of amides is 1. The van der Waals surface area contributed by atoms with Crippen LogP contribution >= 0.6 is 0 Å². The average molecular weight is 243 g/mol. The predicted molar refractivity (Wildman–Crippen MR) is 61.3 cm³/mol. The second kappa shape index (κ2) is 9.26. The van der Waals surface area contributed by atoms with Gasteiger partial charge in [-0.2, -0.15) is 0 Å². The van der Waals surface area contributed by atoms with Crippen molar-refractivity contribution < 1.29 is 23.8 Å². The number of nitrogens with one attached hydrogen (secondary N) is 1. The van der Waals surface area contributed by atoms with Crippen LogP contribution in [0.1, 0.15) is 6.92 Å². The summed E-state index contributed by atoms with van der Waals surface area (Å²) in [7, 11) is 0. The number of hydrogen-bond acceptors (Lipinski definition) is 5. The van der Waals surface area contributed by atoms with Gasteiger partial charge >= 0.3 is 12.1 Å². The Morgan fingerprint density at radius 1 is 1.18 bits per heavy atom. The largest absolute Gasteiger partial charge is 0.495 e. The molecule has 0 aliphatic rings.